The zero-order valence-electron chi connectivity index (χ0n) is 6.80. The minimum atomic E-state index is 1.09. The average Bonchev–Trinajstić information content (AvgIpc) is 2.04. The summed E-state index contributed by atoms with van der Waals surface area (Å²) in [5.74, 6) is 0. The molecule has 0 fully saturated rings. The smallest absolute Gasteiger partial charge is 0.0193 e. The van der Waals surface area contributed by atoms with E-state index < -0.39 is 0 Å². The van der Waals surface area contributed by atoms with E-state index in [-0.39, 0.29) is 0 Å². The third-order valence-electron chi connectivity index (χ3n) is 1.85. The number of nitrogens with zero attached hydrogens (tertiary/aromatic N) is 1. The molecule has 1 aliphatic heterocycles. The molecule has 0 spiro atoms. The molecule has 1 rings (SSSR count). The Morgan fingerprint density at radius 3 is 2.80 bits per heavy atom. The fraction of sp³-hybridized carbons (Fsp3) is 0.556. The van der Waals surface area contributed by atoms with E-state index in [4.69, 9.17) is 0 Å². The quantitative estimate of drug-likeness (QED) is 0.565. The van der Waals surface area contributed by atoms with Crippen LogP contribution in [0, 0.1) is 0 Å². The van der Waals surface area contributed by atoms with Gasteiger partial charge in [0.15, 0.2) is 0 Å². The zero-order chi connectivity index (χ0) is 7.40. The summed E-state index contributed by atoms with van der Waals surface area (Å²) in [5.41, 5.74) is 1.46. The van der Waals surface area contributed by atoms with Crippen molar-refractivity contribution in [1.82, 2.24) is 4.90 Å². The molecule has 0 aliphatic carbocycles. The largest absolute Gasteiger partial charge is 0.352 e. The van der Waals surface area contributed by atoms with Crippen LogP contribution in [0.5, 0.6) is 0 Å². The van der Waals surface area contributed by atoms with Gasteiger partial charge in [0.1, 0.15) is 0 Å². The molecule has 0 bridgehead atoms. The fourth-order valence-electron chi connectivity index (χ4n) is 1.26. The molecule has 0 atom stereocenters. The first kappa shape index (κ1) is 7.39. The molecule has 1 aliphatic rings. The van der Waals surface area contributed by atoms with Gasteiger partial charge in [-0.15, -0.1) is 0 Å². The molecule has 0 amide bonds. The molecule has 0 radical (unpaired) electrons. The molecule has 56 valence electrons. The monoisotopic (exact) mass is 137 g/mol. The van der Waals surface area contributed by atoms with Crippen molar-refractivity contribution in [2.24, 2.45) is 0 Å². The molecule has 1 heteroatoms. The van der Waals surface area contributed by atoms with Crippen LogP contribution < -0.4 is 0 Å². The van der Waals surface area contributed by atoms with Crippen LogP contribution in [0.25, 0.3) is 0 Å². The van der Waals surface area contributed by atoms with Crippen LogP contribution in [0.15, 0.2) is 24.0 Å². The second-order valence-corrected chi connectivity index (χ2v) is 2.46. The minimum Gasteiger partial charge on any atom is -0.352 e. The molecular weight excluding hydrogens is 122 g/mol. The Bertz CT molecular complexity index is 156. The Hall–Kier alpha value is -0.720. The molecule has 10 heavy (non-hydrogen) atoms. The molecule has 0 aromatic heterocycles. The third-order valence-corrected chi connectivity index (χ3v) is 1.85. The van der Waals surface area contributed by atoms with Crippen LogP contribution >= 0.6 is 0 Å². The number of hydrogen-bond acceptors (Lipinski definition) is 1. The summed E-state index contributed by atoms with van der Waals surface area (Å²) < 4.78 is 0. The lowest BCUT2D eigenvalue weighted by molar-refractivity contribution is 0.465. The van der Waals surface area contributed by atoms with Gasteiger partial charge in [0.2, 0.25) is 0 Å². The van der Waals surface area contributed by atoms with Crippen LogP contribution in [0.4, 0.5) is 0 Å². The van der Waals surface area contributed by atoms with E-state index in [1.165, 1.54) is 5.70 Å². The highest BCUT2D eigenvalue weighted by molar-refractivity contribution is 5.12. The summed E-state index contributed by atoms with van der Waals surface area (Å²) in [5, 5.41) is 0. The Labute approximate surface area is 63.0 Å². The second kappa shape index (κ2) is 3.45. The van der Waals surface area contributed by atoms with Gasteiger partial charge in [-0.05, 0) is 26.0 Å². The SMILES string of the molecule is CCC1=CCC=CN1CC. The van der Waals surface area contributed by atoms with Crippen molar-refractivity contribution in [3.63, 3.8) is 0 Å². The van der Waals surface area contributed by atoms with Crippen molar-refractivity contribution in [2.75, 3.05) is 6.54 Å². The molecular formula is C9H15N. The van der Waals surface area contributed by atoms with E-state index in [1.54, 1.807) is 0 Å². The summed E-state index contributed by atoms with van der Waals surface area (Å²) in [4.78, 5) is 2.30. The lowest BCUT2D eigenvalue weighted by atomic mass is 10.2. The maximum atomic E-state index is 2.30. The molecule has 0 N–H and O–H groups in total. The van der Waals surface area contributed by atoms with Gasteiger partial charge in [0, 0.05) is 12.2 Å². The second-order valence-electron chi connectivity index (χ2n) is 2.46. The lowest BCUT2D eigenvalue weighted by Gasteiger charge is -2.23. The first-order chi connectivity index (χ1) is 4.88. The number of rotatable bonds is 2. The van der Waals surface area contributed by atoms with E-state index in [2.05, 4.69) is 37.1 Å². The van der Waals surface area contributed by atoms with E-state index >= 15 is 0 Å². The molecule has 1 nitrogen and oxygen atoms in total. The molecule has 0 unspecified atom stereocenters. The van der Waals surface area contributed by atoms with Crippen molar-refractivity contribution >= 4 is 0 Å². The molecule has 1 heterocycles. The first-order valence-electron chi connectivity index (χ1n) is 4.00. The predicted octanol–water partition coefficient (Wildman–Crippen LogP) is 2.52. The average molecular weight is 137 g/mol. The van der Waals surface area contributed by atoms with Crippen molar-refractivity contribution in [3.8, 4) is 0 Å². The maximum absolute atomic E-state index is 2.30. The van der Waals surface area contributed by atoms with Crippen molar-refractivity contribution in [1.29, 1.82) is 0 Å². The highest BCUT2D eigenvalue weighted by Crippen LogP contribution is 2.14. The molecule has 0 saturated carbocycles. The highest BCUT2D eigenvalue weighted by Gasteiger charge is 2.03. The van der Waals surface area contributed by atoms with Crippen molar-refractivity contribution in [2.45, 2.75) is 26.7 Å². The van der Waals surface area contributed by atoms with Gasteiger partial charge >= 0.3 is 0 Å². The number of hydrogen-bond donors (Lipinski definition) is 0. The Kier molecular flexibility index (Phi) is 2.55. The molecule has 0 saturated heterocycles. The van der Waals surface area contributed by atoms with Gasteiger partial charge in [-0.2, -0.15) is 0 Å². The van der Waals surface area contributed by atoms with Gasteiger partial charge in [-0.25, -0.2) is 0 Å². The topological polar surface area (TPSA) is 3.24 Å². The van der Waals surface area contributed by atoms with Crippen LogP contribution in [0.1, 0.15) is 26.7 Å². The summed E-state index contributed by atoms with van der Waals surface area (Å²) in [6.07, 6.45) is 8.93. The standard InChI is InChI=1S/C9H15N/c1-3-9-7-5-6-8-10(9)4-2/h6-8H,3-5H2,1-2H3. The Morgan fingerprint density at radius 2 is 2.30 bits per heavy atom. The lowest BCUT2D eigenvalue weighted by Crippen LogP contribution is -2.17. The van der Waals surface area contributed by atoms with E-state index in [0.29, 0.717) is 0 Å². The van der Waals surface area contributed by atoms with Gasteiger partial charge in [-0.1, -0.05) is 19.1 Å². The summed E-state index contributed by atoms with van der Waals surface area (Å²) in [7, 11) is 0. The first-order valence-corrected chi connectivity index (χ1v) is 4.00. The van der Waals surface area contributed by atoms with Gasteiger partial charge in [-0.3, -0.25) is 0 Å². The third kappa shape index (κ3) is 1.41. The van der Waals surface area contributed by atoms with Crippen molar-refractivity contribution < 1.29 is 0 Å². The van der Waals surface area contributed by atoms with Crippen LogP contribution in [-0.2, 0) is 0 Å². The summed E-state index contributed by atoms with van der Waals surface area (Å²) in [6, 6.07) is 0. The van der Waals surface area contributed by atoms with Crippen molar-refractivity contribution in [3.05, 3.63) is 24.0 Å². The number of allylic oxidation sites excluding steroid dienone is 3. The minimum absolute atomic E-state index is 1.09. The normalized spacial score (nSPS) is 17.4. The van der Waals surface area contributed by atoms with Crippen LogP contribution in [0.3, 0.4) is 0 Å². The Morgan fingerprint density at radius 1 is 1.50 bits per heavy atom. The van der Waals surface area contributed by atoms with Crippen LogP contribution in [-0.4, -0.2) is 11.4 Å². The van der Waals surface area contributed by atoms with Crippen LogP contribution in [0.2, 0.25) is 0 Å². The predicted molar refractivity (Wildman–Crippen MR) is 44.5 cm³/mol. The van der Waals surface area contributed by atoms with E-state index in [1.807, 2.05) is 0 Å². The zero-order valence-corrected chi connectivity index (χ0v) is 6.80. The molecule has 0 aromatic carbocycles. The summed E-state index contributed by atoms with van der Waals surface area (Å²) in [6.45, 7) is 5.48. The maximum Gasteiger partial charge on any atom is 0.0193 e. The van der Waals surface area contributed by atoms with E-state index in [9.17, 15) is 0 Å². The summed E-state index contributed by atoms with van der Waals surface area (Å²) >= 11 is 0. The van der Waals surface area contributed by atoms with E-state index in [0.717, 1.165) is 19.4 Å². The van der Waals surface area contributed by atoms with Gasteiger partial charge in [0.05, 0.1) is 0 Å². The fourth-order valence-corrected chi connectivity index (χ4v) is 1.26. The Balaban J connectivity index is 2.59. The van der Waals surface area contributed by atoms with Gasteiger partial charge < -0.3 is 4.90 Å². The molecule has 0 aromatic rings. The van der Waals surface area contributed by atoms with Gasteiger partial charge in [0.25, 0.3) is 0 Å². The highest BCUT2D eigenvalue weighted by atomic mass is 15.1.